The topological polar surface area (TPSA) is 6.48 Å². The van der Waals surface area contributed by atoms with Crippen LogP contribution in [0.3, 0.4) is 0 Å². The van der Waals surface area contributed by atoms with Gasteiger partial charge in [0, 0.05) is 44.4 Å². The van der Waals surface area contributed by atoms with Crippen molar-refractivity contribution in [1.29, 1.82) is 0 Å². The first kappa shape index (κ1) is 43.5. The fourth-order valence-corrected chi connectivity index (χ4v) is 12.8. The molecule has 2 atom stereocenters. The molecule has 14 rings (SSSR count). The Hall–Kier alpha value is -9.24. The van der Waals surface area contributed by atoms with Crippen molar-refractivity contribution in [2.75, 3.05) is 9.80 Å². The molecule has 0 saturated heterocycles. The lowest BCUT2D eigenvalue weighted by Crippen LogP contribution is -2.23. The van der Waals surface area contributed by atoms with E-state index in [0.29, 0.717) is 0 Å². The molecule has 0 aliphatic heterocycles. The maximum atomic E-state index is 2.48. The third-order valence-electron chi connectivity index (χ3n) is 16.4. The monoisotopic (exact) mass is 944 g/mol. The molecule has 2 heteroatoms. The van der Waals surface area contributed by atoms with Gasteiger partial charge in [-0.05, 0) is 152 Å². The van der Waals surface area contributed by atoms with Crippen molar-refractivity contribution in [2.45, 2.75) is 24.7 Å². The second-order valence-corrected chi connectivity index (χ2v) is 20.2. The van der Waals surface area contributed by atoms with E-state index in [1.54, 1.807) is 0 Å². The number of nitrogens with zero attached hydrogens (tertiary/aromatic N) is 2. The van der Waals surface area contributed by atoms with E-state index in [4.69, 9.17) is 0 Å². The molecule has 12 aromatic carbocycles. The average molecular weight is 945 g/mol. The molecular weight excluding hydrogens is 893 g/mol. The van der Waals surface area contributed by atoms with E-state index in [1.165, 1.54) is 77.2 Å². The first-order valence-corrected chi connectivity index (χ1v) is 25.8. The standard InChI is InChI=1S/C72H52N2/c1-71(51-23-7-3-8-24-51)63-37-21-19-35-61(63)69-59-33-17-15-31-57(59)67(47-65(69)71)73(53-27-11-5-12-28-53)55-43-39-49(40-44-55)50-41-45-56(46-42-50)74(54-29-13-6-14-30-54)68-48-66-70(60-34-18-16-32-58(60)68)62-36-20-22-38-64(62)72(66,2)52-25-9-4-10-26-52/h3-48H,1-2H3. The fraction of sp³-hybridized carbons (Fsp3) is 0.0556. The summed E-state index contributed by atoms with van der Waals surface area (Å²) in [5.74, 6) is 0. The Morgan fingerprint density at radius 1 is 0.257 bits per heavy atom. The molecule has 2 aliphatic carbocycles. The molecule has 350 valence electrons. The van der Waals surface area contributed by atoms with Gasteiger partial charge in [0.05, 0.1) is 11.4 Å². The largest absolute Gasteiger partial charge is 0.310 e. The molecule has 0 N–H and O–H groups in total. The van der Waals surface area contributed by atoms with Crippen LogP contribution in [0.1, 0.15) is 47.2 Å². The van der Waals surface area contributed by atoms with Crippen LogP contribution >= 0.6 is 0 Å². The fourth-order valence-electron chi connectivity index (χ4n) is 12.8. The molecule has 0 fully saturated rings. The number of fused-ring (bicyclic) bond motifs is 10. The zero-order valence-corrected chi connectivity index (χ0v) is 41.5. The highest BCUT2D eigenvalue weighted by atomic mass is 15.1. The van der Waals surface area contributed by atoms with Crippen LogP contribution in [0.15, 0.2) is 279 Å². The van der Waals surface area contributed by atoms with E-state index in [2.05, 4.69) is 303 Å². The predicted molar refractivity (Wildman–Crippen MR) is 311 cm³/mol. The molecule has 0 aromatic heterocycles. The van der Waals surface area contributed by atoms with Crippen LogP contribution in [0.4, 0.5) is 34.1 Å². The Bertz CT molecular complexity index is 3810. The van der Waals surface area contributed by atoms with E-state index in [0.717, 1.165) is 45.3 Å². The molecule has 2 aliphatic rings. The first-order valence-electron chi connectivity index (χ1n) is 25.8. The quantitative estimate of drug-likeness (QED) is 0.142. The summed E-state index contributed by atoms with van der Waals surface area (Å²) >= 11 is 0. The highest BCUT2D eigenvalue weighted by Gasteiger charge is 2.44. The van der Waals surface area contributed by atoms with Gasteiger partial charge in [0.25, 0.3) is 0 Å². The van der Waals surface area contributed by atoms with E-state index >= 15 is 0 Å². The number of benzene rings is 12. The van der Waals surface area contributed by atoms with Gasteiger partial charge in [-0.1, -0.05) is 218 Å². The van der Waals surface area contributed by atoms with Crippen molar-refractivity contribution in [2.24, 2.45) is 0 Å². The van der Waals surface area contributed by atoms with Gasteiger partial charge in [-0.25, -0.2) is 0 Å². The second kappa shape index (κ2) is 17.2. The Kier molecular flexibility index (Phi) is 10.1. The lowest BCUT2D eigenvalue weighted by Gasteiger charge is -2.32. The van der Waals surface area contributed by atoms with E-state index in [-0.39, 0.29) is 10.8 Å². The maximum absolute atomic E-state index is 2.48. The first-order chi connectivity index (χ1) is 36.5. The minimum absolute atomic E-state index is 0.345. The molecule has 0 saturated carbocycles. The summed E-state index contributed by atoms with van der Waals surface area (Å²) in [6.45, 7) is 4.82. The van der Waals surface area contributed by atoms with Crippen molar-refractivity contribution in [3.05, 3.63) is 312 Å². The molecule has 74 heavy (non-hydrogen) atoms. The number of para-hydroxylation sites is 2. The van der Waals surface area contributed by atoms with Gasteiger partial charge in [0.1, 0.15) is 0 Å². The van der Waals surface area contributed by atoms with Gasteiger partial charge < -0.3 is 9.80 Å². The molecule has 12 aromatic rings. The minimum atomic E-state index is -0.345. The van der Waals surface area contributed by atoms with Crippen molar-refractivity contribution in [1.82, 2.24) is 0 Å². The molecular formula is C72H52N2. The SMILES string of the molecule is CC1(c2ccccc2)c2ccccc2-c2c1cc(N(c1ccccc1)c1ccc(-c3ccc(N(c4ccccc4)c4cc5c(c6ccccc46)-c4ccccc4C5(C)c4ccccc4)cc3)cc1)c1ccccc21. The molecule has 2 unspecified atom stereocenters. The van der Waals surface area contributed by atoms with Crippen LogP contribution in [-0.4, -0.2) is 0 Å². The highest BCUT2D eigenvalue weighted by Crippen LogP contribution is 2.59. The third kappa shape index (κ3) is 6.58. The van der Waals surface area contributed by atoms with Crippen LogP contribution in [0, 0.1) is 0 Å². The molecule has 0 heterocycles. The van der Waals surface area contributed by atoms with E-state index in [9.17, 15) is 0 Å². The lowest BCUT2D eigenvalue weighted by molar-refractivity contribution is 0.714. The van der Waals surface area contributed by atoms with Crippen LogP contribution in [-0.2, 0) is 10.8 Å². The second-order valence-electron chi connectivity index (χ2n) is 20.2. The Morgan fingerprint density at radius 2 is 0.554 bits per heavy atom. The van der Waals surface area contributed by atoms with Gasteiger partial charge in [-0.3, -0.25) is 0 Å². The summed E-state index contributed by atoms with van der Waals surface area (Å²) in [6.07, 6.45) is 0. The highest BCUT2D eigenvalue weighted by molar-refractivity contribution is 6.12. The zero-order chi connectivity index (χ0) is 49.4. The summed E-state index contributed by atoms with van der Waals surface area (Å²) in [5, 5.41) is 4.96. The molecule has 0 radical (unpaired) electrons. The normalized spacial score (nSPS) is 16.1. The predicted octanol–water partition coefficient (Wildman–Crippen LogP) is 19.3. The van der Waals surface area contributed by atoms with Crippen molar-refractivity contribution < 1.29 is 0 Å². The molecule has 0 bridgehead atoms. The summed E-state index contributed by atoms with van der Waals surface area (Å²) < 4.78 is 0. The number of anilines is 6. The summed E-state index contributed by atoms with van der Waals surface area (Å²) in [4.78, 5) is 4.90. The van der Waals surface area contributed by atoms with Crippen molar-refractivity contribution >= 4 is 55.7 Å². The summed E-state index contributed by atoms with van der Waals surface area (Å²) in [6, 6.07) is 103. The maximum Gasteiger partial charge on any atom is 0.0543 e. The Labute approximate surface area is 433 Å². The lowest BCUT2D eigenvalue weighted by atomic mass is 9.74. The molecule has 0 amide bonds. The number of rotatable bonds is 9. The van der Waals surface area contributed by atoms with Crippen LogP contribution in [0.2, 0.25) is 0 Å². The zero-order valence-electron chi connectivity index (χ0n) is 41.5. The summed E-state index contributed by atoms with van der Waals surface area (Å²) in [5.41, 5.74) is 21.5. The molecule has 0 spiro atoms. The van der Waals surface area contributed by atoms with Crippen molar-refractivity contribution in [3.8, 4) is 33.4 Å². The van der Waals surface area contributed by atoms with Gasteiger partial charge in [-0.2, -0.15) is 0 Å². The van der Waals surface area contributed by atoms with Crippen LogP contribution in [0.25, 0.3) is 54.9 Å². The molecule has 2 nitrogen and oxygen atoms in total. The van der Waals surface area contributed by atoms with Gasteiger partial charge in [0.2, 0.25) is 0 Å². The van der Waals surface area contributed by atoms with E-state index in [1.807, 2.05) is 0 Å². The number of hydrogen-bond donors (Lipinski definition) is 0. The van der Waals surface area contributed by atoms with E-state index < -0.39 is 0 Å². The Morgan fingerprint density at radius 3 is 0.932 bits per heavy atom. The third-order valence-corrected chi connectivity index (χ3v) is 16.4. The van der Waals surface area contributed by atoms with Crippen LogP contribution in [0.5, 0.6) is 0 Å². The number of hydrogen-bond acceptors (Lipinski definition) is 2. The van der Waals surface area contributed by atoms with Gasteiger partial charge >= 0.3 is 0 Å². The minimum Gasteiger partial charge on any atom is -0.310 e. The van der Waals surface area contributed by atoms with Gasteiger partial charge in [-0.15, -0.1) is 0 Å². The smallest absolute Gasteiger partial charge is 0.0543 e. The summed E-state index contributed by atoms with van der Waals surface area (Å²) in [7, 11) is 0. The van der Waals surface area contributed by atoms with Crippen molar-refractivity contribution in [3.63, 3.8) is 0 Å². The van der Waals surface area contributed by atoms with Crippen LogP contribution < -0.4 is 9.80 Å². The average Bonchev–Trinajstić information content (AvgIpc) is 3.91. The Balaban J connectivity index is 0.878. The van der Waals surface area contributed by atoms with Gasteiger partial charge in [0.15, 0.2) is 0 Å².